The molecule has 0 spiro atoms. The summed E-state index contributed by atoms with van der Waals surface area (Å²) in [6.45, 7) is 2.41. The van der Waals surface area contributed by atoms with E-state index in [0.717, 1.165) is 5.56 Å². The minimum atomic E-state index is -4.61. The monoisotopic (exact) mass is 389 g/mol. The van der Waals surface area contributed by atoms with Gasteiger partial charge in [-0.25, -0.2) is 4.98 Å². The lowest BCUT2D eigenvalue weighted by molar-refractivity contribution is -0.137. The van der Waals surface area contributed by atoms with Gasteiger partial charge in [0.25, 0.3) is 0 Å². The van der Waals surface area contributed by atoms with Gasteiger partial charge in [-0.1, -0.05) is 36.4 Å². The molecule has 0 aliphatic heterocycles. The summed E-state index contributed by atoms with van der Waals surface area (Å²) in [4.78, 5) is 7.61. The number of nitrogens with zero attached hydrogens (tertiary/aromatic N) is 2. The van der Waals surface area contributed by atoms with Crippen LogP contribution in [-0.4, -0.2) is 16.6 Å². The van der Waals surface area contributed by atoms with E-state index in [4.69, 9.17) is 9.47 Å². The van der Waals surface area contributed by atoms with E-state index in [2.05, 4.69) is 15.3 Å². The van der Waals surface area contributed by atoms with Crippen molar-refractivity contribution in [3.63, 3.8) is 0 Å². The first-order chi connectivity index (χ1) is 13.5. The Morgan fingerprint density at radius 2 is 1.79 bits per heavy atom. The van der Waals surface area contributed by atoms with Gasteiger partial charge in [-0.2, -0.15) is 18.2 Å². The third kappa shape index (κ3) is 5.12. The number of nitrogens with one attached hydrogen (secondary N) is 1. The van der Waals surface area contributed by atoms with Crippen molar-refractivity contribution in [3.8, 4) is 11.8 Å². The Kier molecular flexibility index (Phi) is 5.98. The lowest BCUT2D eigenvalue weighted by atomic mass is 10.2. The second kappa shape index (κ2) is 8.60. The number of halogens is 3. The molecular weight excluding hydrogens is 371 g/mol. The molecule has 3 aromatic rings. The Hall–Kier alpha value is -3.29. The van der Waals surface area contributed by atoms with Crippen molar-refractivity contribution in [2.45, 2.75) is 19.7 Å². The van der Waals surface area contributed by atoms with Gasteiger partial charge in [0.2, 0.25) is 0 Å². The standard InChI is InChI=1S/C20H18F3N3O2/c1-2-27-16-10-6-9-15(11-16)25-18-17(20(21,22)23)12-24-19(26-18)28-13-14-7-4-3-5-8-14/h3-12H,2,13H2,1H3,(H,24,25,26). The summed E-state index contributed by atoms with van der Waals surface area (Å²) in [5.41, 5.74) is 0.274. The molecule has 0 unspecified atom stereocenters. The Bertz CT molecular complexity index is 918. The molecule has 2 aromatic carbocycles. The van der Waals surface area contributed by atoms with Crippen LogP contribution in [0.15, 0.2) is 60.8 Å². The van der Waals surface area contributed by atoms with E-state index in [1.54, 1.807) is 24.3 Å². The molecule has 146 valence electrons. The number of rotatable bonds is 7. The quantitative estimate of drug-likeness (QED) is 0.601. The molecule has 3 rings (SSSR count). The SMILES string of the molecule is CCOc1cccc(Nc2nc(OCc3ccccc3)ncc2C(F)(F)F)c1. The van der Waals surface area contributed by atoms with Gasteiger partial charge in [0.1, 0.15) is 23.7 Å². The molecule has 0 bridgehead atoms. The third-order valence-electron chi connectivity index (χ3n) is 3.69. The maximum atomic E-state index is 13.3. The highest BCUT2D eigenvalue weighted by Gasteiger charge is 2.35. The molecule has 5 nitrogen and oxygen atoms in total. The van der Waals surface area contributed by atoms with Gasteiger partial charge in [-0.05, 0) is 24.6 Å². The molecule has 0 radical (unpaired) electrons. The molecule has 0 saturated carbocycles. The molecule has 1 N–H and O–H groups in total. The van der Waals surface area contributed by atoms with Crippen molar-refractivity contribution in [1.29, 1.82) is 0 Å². The highest BCUT2D eigenvalue weighted by Crippen LogP contribution is 2.35. The zero-order valence-electron chi connectivity index (χ0n) is 15.0. The van der Waals surface area contributed by atoms with Crippen molar-refractivity contribution >= 4 is 11.5 Å². The van der Waals surface area contributed by atoms with Crippen LogP contribution in [0, 0.1) is 0 Å². The Morgan fingerprint density at radius 1 is 1.00 bits per heavy atom. The normalized spacial score (nSPS) is 11.1. The molecule has 0 amide bonds. The second-order valence-corrected chi connectivity index (χ2v) is 5.77. The summed E-state index contributed by atoms with van der Waals surface area (Å²) in [6.07, 6.45) is -3.90. The molecule has 0 aliphatic carbocycles. The van der Waals surface area contributed by atoms with E-state index in [9.17, 15) is 13.2 Å². The number of ether oxygens (including phenoxy) is 2. The van der Waals surface area contributed by atoms with Gasteiger partial charge in [0.05, 0.1) is 6.61 Å². The van der Waals surface area contributed by atoms with Gasteiger partial charge < -0.3 is 14.8 Å². The molecule has 0 fully saturated rings. The summed E-state index contributed by atoms with van der Waals surface area (Å²) in [7, 11) is 0. The van der Waals surface area contributed by atoms with E-state index < -0.39 is 11.7 Å². The molecule has 0 saturated heterocycles. The van der Waals surface area contributed by atoms with Crippen LogP contribution in [-0.2, 0) is 12.8 Å². The van der Waals surface area contributed by atoms with Gasteiger partial charge >= 0.3 is 12.2 Å². The average Bonchev–Trinajstić information content (AvgIpc) is 2.67. The number of anilines is 2. The van der Waals surface area contributed by atoms with Gasteiger partial charge in [-0.3, -0.25) is 0 Å². The van der Waals surface area contributed by atoms with Crippen LogP contribution in [0.1, 0.15) is 18.1 Å². The molecule has 1 aromatic heterocycles. The Labute approximate surface area is 160 Å². The van der Waals surface area contributed by atoms with Crippen LogP contribution >= 0.6 is 0 Å². The minimum Gasteiger partial charge on any atom is -0.494 e. The van der Waals surface area contributed by atoms with Crippen molar-refractivity contribution in [1.82, 2.24) is 9.97 Å². The van der Waals surface area contributed by atoms with Crippen LogP contribution in [0.5, 0.6) is 11.8 Å². The van der Waals surface area contributed by atoms with Crippen LogP contribution in [0.4, 0.5) is 24.7 Å². The fourth-order valence-corrected chi connectivity index (χ4v) is 2.43. The first kappa shape index (κ1) is 19.5. The third-order valence-corrected chi connectivity index (χ3v) is 3.69. The lowest BCUT2D eigenvalue weighted by Crippen LogP contribution is -2.12. The van der Waals surface area contributed by atoms with Crippen molar-refractivity contribution in [2.75, 3.05) is 11.9 Å². The number of benzene rings is 2. The maximum absolute atomic E-state index is 13.3. The first-order valence-corrected chi connectivity index (χ1v) is 8.56. The van der Waals surface area contributed by atoms with E-state index >= 15 is 0 Å². The van der Waals surface area contributed by atoms with Crippen LogP contribution in [0.2, 0.25) is 0 Å². The largest absolute Gasteiger partial charge is 0.494 e. The van der Waals surface area contributed by atoms with Crippen LogP contribution in [0.25, 0.3) is 0 Å². The highest BCUT2D eigenvalue weighted by atomic mass is 19.4. The molecular formula is C20H18F3N3O2. The summed E-state index contributed by atoms with van der Waals surface area (Å²) < 4.78 is 50.9. The van der Waals surface area contributed by atoms with Gasteiger partial charge in [-0.15, -0.1) is 0 Å². The lowest BCUT2D eigenvalue weighted by Gasteiger charge is -2.15. The van der Waals surface area contributed by atoms with Gasteiger partial charge in [0, 0.05) is 18.0 Å². The van der Waals surface area contributed by atoms with Crippen molar-refractivity contribution < 1.29 is 22.6 Å². The van der Waals surface area contributed by atoms with E-state index in [1.165, 1.54) is 0 Å². The Morgan fingerprint density at radius 3 is 2.50 bits per heavy atom. The topological polar surface area (TPSA) is 56.3 Å². The van der Waals surface area contributed by atoms with Crippen LogP contribution in [0.3, 0.4) is 0 Å². The number of aromatic nitrogens is 2. The zero-order valence-corrected chi connectivity index (χ0v) is 15.0. The number of alkyl halides is 3. The molecule has 8 heteroatoms. The summed E-state index contributed by atoms with van der Waals surface area (Å²) in [5, 5.41) is 2.69. The molecule has 28 heavy (non-hydrogen) atoms. The Balaban J connectivity index is 1.85. The predicted octanol–water partition coefficient (Wildman–Crippen LogP) is 5.22. The summed E-state index contributed by atoms with van der Waals surface area (Å²) in [6, 6.07) is 15.7. The molecule has 1 heterocycles. The fraction of sp³-hybridized carbons (Fsp3) is 0.200. The van der Waals surface area contributed by atoms with Crippen molar-refractivity contribution in [2.24, 2.45) is 0 Å². The van der Waals surface area contributed by atoms with E-state index in [1.807, 2.05) is 37.3 Å². The van der Waals surface area contributed by atoms with E-state index in [-0.39, 0.29) is 18.4 Å². The smallest absolute Gasteiger partial charge is 0.421 e. The highest BCUT2D eigenvalue weighted by molar-refractivity contribution is 5.61. The minimum absolute atomic E-state index is 0.144. The fourth-order valence-electron chi connectivity index (χ4n) is 2.43. The first-order valence-electron chi connectivity index (χ1n) is 8.56. The predicted molar refractivity (Wildman–Crippen MR) is 98.7 cm³/mol. The summed E-state index contributed by atoms with van der Waals surface area (Å²) >= 11 is 0. The van der Waals surface area contributed by atoms with Crippen molar-refractivity contribution in [3.05, 3.63) is 71.9 Å². The second-order valence-electron chi connectivity index (χ2n) is 5.77. The number of hydrogen-bond donors (Lipinski definition) is 1. The maximum Gasteiger partial charge on any atom is 0.421 e. The van der Waals surface area contributed by atoms with Gasteiger partial charge in [0.15, 0.2) is 0 Å². The zero-order chi connectivity index (χ0) is 20.0. The molecule has 0 aliphatic rings. The summed E-state index contributed by atoms with van der Waals surface area (Å²) in [5.74, 6) is 0.148. The average molecular weight is 389 g/mol. The number of hydrogen-bond acceptors (Lipinski definition) is 5. The molecule has 0 atom stereocenters. The van der Waals surface area contributed by atoms with E-state index in [0.29, 0.717) is 24.2 Å². The van der Waals surface area contributed by atoms with Crippen LogP contribution < -0.4 is 14.8 Å².